The van der Waals surface area contributed by atoms with Gasteiger partial charge in [-0.05, 0) is 0 Å². The molecule has 0 atom stereocenters. The standard InChI is InChI=1S/C2H6N2.H3N.V/c3-1-2-4;;/h1-2H,3-4H2;1H3;/b2-1-;;. The smallest absolute Gasteiger partial charge is 0.00957 e. The monoisotopic (exact) mass is 126 g/mol. The van der Waals surface area contributed by atoms with Crippen LogP contribution in [0.2, 0.25) is 0 Å². The van der Waals surface area contributed by atoms with Gasteiger partial charge in [-0.15, -0.1) is 0 Å². The van der Waals surface area contributed by atoms with Gasteiger partial charge in [-0.3, -0.25) is 0 Å². The van der Waals surface area contributed by atoms with E-state index >= 15 is 0 Å². The summed E-state index contributed by atoms with van der Waals surface area (Å²) in [5.41, 5.74) is 9.44. The van der Waals surface area contributed by atoms with Crippen LogP contribution in [-0.2, 0) is 18.6 Å². The van der Waals surface area contributed by atoms with Crippen LogP contribution in [0.5, 0.6) is 0 Å². The van der Waals surface area contributed by atoms with Gasteiger partial charge < -0.3 is 17.6 Å². The molecule has 0 bridgehead atoms. The summed E-state index contributed by atoms with van der Waals surface area (Å²) in [6, 6.07) is 0. The Kier molecular flexibility index (Phi) is 58.4. The van der Waals surface area contributed by atoms with E-state index in [9.17, 15) is 0 Å². The van der Waals surface area contributed by atoms with Crippen molar-refractivity contribution in [3.63, 3.8) is 0 Å². The molecule has 0 aromatic carbocycles. The second-order valence-corrected chi connectivity index (χ2v) is 0.385. The fraction of sp³-hybridized carbons (Fsp3) is 0. The van der Waals surface area contributed by atoms with Gasteiger partial charge >= 0.3 is 0 Å². The first kappa shape index (κ1) is 16.9. The van der Waals surface area contributed by atoms with Gasteiger partial charge in [0.05, 0.1) is 0 Å². The van der Waals surface area contributed by atoms with Crippen molar-refractivity contribution in [3.05, 3.63) is 12.4 Å². The molecule has 6 heavy (non-hydrogen) atoms. The maximum atomic E-state index is 4.72. The zero-order valence-corrected chi connectivity index (χ0v) is 4.86. The van der Waals surface area contributed by atoms with Gasteiger partial charge in [-0.25, -0.2) is 0 Å². The van der Waals surface area contributed by atoms with E-state index in [2.05, 4.69) is 0 Å². The first-order valence-corrected chi connectivity index (χ1v) is 1.00. The Morgan fingerprint density at radius 1 is 1.00 bits per heavy atom. The number of hydrogen-bond donors (Lipinski definition) is 3. The predicted octanol–water partition coefficient (Wildman–Crippen LogP) is -0.466. The second kappa shape index (κ2) is 20.8. The third-order valence-electron chi connectivity index (χ3n) is 0.111. The number of hydrogen-bond acceptors (Lipinski definition) is 3. The molecule has 0 saturated heterocycles. The van der Waals surface area contributed by atoms with Gasteiger partial charge in [0.15, 0.2) is 0 Å². The van der Waals surface area contributed by atoms with Gasteiger partial charge in [-0.1, -0.05) is 0 Å². The van der Waals surface area contributed by atoms with Crippen LogP contribution < -0.4 is 17.6 Å². The Balaban J connectivity index is -0.0000000450. The summed E-state index contributed by atoms with van der Waals surface area (Å²) in [6.07, 6.45) is 2.56. The van der Waals surface area contributed by atoms with E-state index in [1.165, 1.54) is 12.4 Å². The molecule has 0 aromatic heterocycles. The van der Waals surface area contributed by atoms with Crippen molar-refractivity contribution in [2.75, 3.05) is 0 Å². The van der Waals surface area contributed by atoms with Crippen LogP contribution >= 0.6 is 0 Å². The summed E-state index contributed by atoms with van der Waals surface area (Å²) in [5.74, 6) is 0. The zero-order valence-electron chi connectivity index (χ0n) is 3.46. The molecule has 1 radical (unpaired) electrons. The zero-order chi connectivity index (χ0) is 3.41. The molecule has 0 amide bonds. The molecule has 0 fully saturated rings. The van der Waals surface area contributed by atoms with E-state index < -0.39 is 0 Å². The van der Waals surface area contributed by atoms with Crippen molar-refractivity contribution >= 4 is 0 Å². The Hall–Kier alpha value is -0.116. The Morgan fingerprint density at radius 3 is 1.17 bits per heavy atom. The fourth-order valence-electron chi connectivity index (χ4n) is 0. The number of rotatable bonds is 0. The van der Waals surface area contributed by atoms with Crippen LogP contribution in [0, 0.1) is 0 Å². The Bertz CT molecular complexity index is 24.0. The first-order chi connectivity index (χ1) is 1.91. The van der Waals surface area contributed by atoms with E-state index in [-0.39, 0.29) is 24.7 Å². The minimum Gasteiger partial charge on any atom is -0.403 e. The summed E-state index contributed by atoms with van der Waals surface area (Å²) in [6.45, 7) is 0. The van der Waals surface area contributed by atoms with Gasteiger partial charge in [0, 0.05) is 31.0 Å². The maximum Gasteiger partial charge on any atom is 0.00957 e. The van der Waals surface area contributed by atoms with Gasteiger partial charge in [-0.2, -0.15) is 0 Å². The molecule has 7 N–H and O–H groups in total. The van der Waals surface area contributed by atoms with Crippen LogP contribution in [0.4, 0.5) is 0 Å². The molecule has 0 spiro atoms. The summed E-state index contributed by atoms with van der Waals surface area (Å²) >= 11 is 0. The average Bonchev–Trinajstić information content (AvgIpc) is 1.37. The molecule has 0 aliphatic heterocycles. The number of nitrogens with two attached hydrogens (primary N) is 2. The van der Waals surface area contributed by atoms with E-state index in [4.69, 9.17) is 11.5 Å². The van der Waals surface area contributed by atoms with Crippen LogP contribution in [-0.4, -0.2) is 0 Å². The molecule has 0 saturated carbocycles. The van der Waals surface area contributed by atoms with Crippen molar-refractivity contribution in [1.82, 2.24) is 6.15 Å². The second-order valence-electron chi connectivity index (χ2n) is 0.385. The Labute approximate surface area is 49.2 Å². The molecule has 37 valence electrons. The van der Waals surface area contributed by atoms with Crippen LogP contribution in [0.1, 0.15) is 0 Å². The normalized spacial score (nSPS) is 6.00. The van der Waals surface area contributed by atoms with E-state index in [1.54, 1.807) is 0 Å². The quantitative estimate of drug-likeness (QED) is 0.410. The van der Waals surface area contributed by atoms with Gasteiger partial charge in [0.1, 0.15) is 0 Å². The molecule has 0 rings (SSSR count). The fourth-order valence-corrected chi connectivity index (χ4v) is 0. The molecule has 0 aliphatic carbocycles. The van der Waals surface area contributed by atoms with Gasteiger partial charge in [0.25, 0.3) is 0 Å². The molecule has 0 heterocycles. The molecular formula is C2H9N3V. The summed E-state index contributed by atoms with van der Waals surface area (Å²) in [4.78, 5) is 0. The maximum absolute atomic E-state index is 4.72. The molecule has 0 aliphatic rings. The SMILES string of the molecule is N.N/C=C\N.[V]. The van der Waals surface area contributed by atoms with E-state index in [0.29, 0.717) is 0 Å². The van der Waals surface area contributed by atoms with E-state index in [0.717, 1.165) is 0 Å². The first-order valence-electron chi connectivity index (χ1n) is 1.00. The van der Waals surface area contributed by atoms with Crippen molar-refractivity contribution < 1.29 is 18.6 Å². The molecule has 3 nitrogen and oxygen atoms in total. The minimum absolute atomic E-state index is 0. The van der Waals surface area contributed by atoms with Crippen molar-refractivity contribution in [3.8, 4) is 0 Å². The molecule has 4 heteroatoms. The predicted molar refractivity (Wildman–Crippen MR) is 22.5 cm³/mol. The minimum atomic E-state index is 0. The third kappa shape index (κ3) is 41.3. The molecule has 0 aromatic rings. The van der Waals surface area contributed by atoms with Crippen LogP contribution in [0.3, 0.4) is 0 Å². The van der Waals surface area contributed by atoms with Crippen molar-refractivity contribution in [1.29, 1.82) is 0 Å². The topological polar surface area (TPSA) is 87.0 Å². The largest absolute Gasteiger partial charge is 0.403 e. The van der Waals surface area contributed by atoms with Crippen molar-refractivity contribution in [2.45, 2.75) is 0 Å². The summed E-state index contributed by atoms with van der Waals surface area (Å²) in [7, 11) is 0. The van der Waals surface area contributed by atoms with E-state index in [1.807, 2.05) is 0 Å². The third-order valence-corrected chi connectivity index (χ3v) is 0.111. The van der Waals surface area contributed by atoms with Gasteiger partial charge in [0.2, 0.25) is 0 Å². The van der Waals surface area contributed by atoms with Crippen LogP contribution in [0.15, 0.2) is 12.4 Å². The molecule has 0 unspecified atom stereocenters. The average molecular weight is 126 g/mol. The summed E-state index contributed by atoms with van der Waals surface area (Å²) in [5, 5.41) is 0. The molecular weight excluding hydrogens is 117 g/mol. The van der Waals surface area contributed by atoms with Crippen molar-refractivity contribution in [2.24, 2.45) is 11.5 Å². The Morgan fingerprint density at radius 2 is 1.17 bits per heavy atom. The van der Waals surface area contributed by atoms with Crippen LogP contribution in [0.25, 0.3) is 0 Å². The summed E-state index contributed by atoms with van der Waals surface area (Å²) < 4.78 is 0.